The van der Waals surface area contributed by atoms with Crippen molar-refractivity contribution in [1.82, 2.24) is 9.88 Å². The minimum Gasteiger partial charge on any atom is -0.317 e. The zero-order valence-corrected chi connectivity index (χ0v) is 11.8. The Labute approximate surface area is 106 Å². The molecule has 0 aliphatic rings. The van der Waals surface area contributed by atoms with Gasteiger partial charge in [-0.1, -0.05) is 6.92 Å². The first-order chi connectivity index (χ1) is 7.15. The van der Waals surface area contributed by atoms with Crippen LogP contribution in [0.2, 0.25) is 0 Å². The molecule has 15 heavy (non-hydrogen) atoms. The molecule has 0 amide bonds. The highest BCUT2D eigenvalue weighted by Gasteiger charge is 2.02. The molecule has 3 nitrogen and oxygen atoms in total. The molecule has 0 aromatic carbocycles. The van der Waals surface area contributed by atoms with Gasteiger partial charge in [-0.05, 0) is 57.4 Å². The third kappa shape index (κ3) is 4.09. The Hall–Kier alpha value is -0.130. The van der Waals surface area contributed by atoms with Crippen LogP contribution in [0.5, 0.6) is 0 Å². The summed E-state index contributed by atoms with van der Waals surface area (Å²) in [5, 5.41) is 3.23. The number of hydrogen-bond donors (Lipinski definition) is 1. The van der Waals surface area contributed by atoms with Gasteiger partial charge in [0.05, 0.1) is 4.47 Å². The van der Waals surface area contributed by atoms with Crippen LogP contribution < -0.4 is 10.9 Å². The summed E-state index contributed by atoms with van der Waals surface area (Å²) in [6.07, 6.45) is 2.77. The zero-order chi connectivity index (χ0) is 11.3. The highest BCUT2D eigenvalue weighted by Crippen LogP contribution is 2.12. The van der Waals surface area contributed by atoms with E-state index in [0.29, 0.717) is 4.47 Å². The molecule has 0 spiro atoms. The molecule has 5 heteroatoms. The molecule has 0 saturated heterocycles. The molecule has 1 aromatic rings. The van der Waals surface area contributed by atoms with Crippen molar-refractivity contribution in [3.05, 3.63) is 31.6 Å². The highest BCUT2D eigenvalue weighted by molar-refractivity contribution is 9.11. The predicted octanol–water partition coefficient (Wildman–Crippen LogP) is 2.37. The van der Waals surface area contributed by atoms with Gasteiger partial charge < -0.3 is 9.88 Å². The molecular weight excluding hydrogens is 324 g/mol. The second kappa shape index (κ2) is 6.45. The second-order valence-electron chi connectivity index (χ2n) is 3.21. The quantitative estimate of drug-likeness (QED) is 0.837. The van der Waals surface area contributed by atoms with E-state index in [9.17, 15) is 4.79 Å². The molecular formula is C10H14Br2N2O. The van der Waals surface area contributed by atoms with Crippen molar-refractivity contribution < 1.29 is 0 Å². The molecule has 0 atom stereocenters. The Morgan fingerprint density at radius 1 is 1.47 bits per heavy atom. The Kier molecular flexibility index (Phi) is 5.56. The van der Waals surface area contributed by atoms with Gasteiger partial charge in [0.1, 0.15) is 0 Å². The number of rotatable bonds is 5. The van der Waals surface area contributed by atoms with Crippen LogP contribution in [0.15, 0.2) is 26.0 Å². The molecule has 0 radical (unpaired) electrons. The molecule has 0 bridgehead atoms. The van der Waals surface area contributed by atoms with Crippen LogP contribution in [0.1, 0.15) is 13.3 Å². The Morgan fingerprint density at radius 2 is 2.20 bits per heavy atom. The molecule has 1 rings (SSSR count). The van der Waals surface area contributed by atoms with Crippen LogP contribution >= 0.6 is 31.9 Å². The normalized spacial score (nSPS) is 10.6. The molecule has 0 fully saturated rings. The van der Waals surface area contributed by atoms with Crippen molar-refractivity contribution in [2.24, 2.45) is 0 Å². The molecule has 0 aliphatic carbocycles. The van der Waals surface area contributed by atoms with E-state index >= 15 is 0 Å². The first-order valence-electron chi connectivity index (χ1n) is 4.91. The summed E-state index contributed by atoms with van der Waals surface area (Å²) in [5.74, 6) is 0. The minimum absolute atomic E-state index is 0.0229. The van der Waals surface area contributed by atoms with Crippen molar-refractivity contribution in [3.63, 3.8) is 0 Å². The number of aryl methyl sites for hydroxylation is 1. The first-order valence-corrected chi connectivity index (χ1v) is 6.50. The summed E-state index contributed by atoms with van der Waals surface area (Å²) in [6, 6.07) is 1.77. The van der Waals surface area contributed by atoms with E-state index in [0.717, 1.165) is 30.5 Å². The fourth-order valence-corrected chi connectivity index (χ4v) is 2.54. The maximum absolute atomic E-state index is 11.7. The third-order valence-corrected chi connectivity index (χ3v) is 3.01. The SMILES string of the molecule is CCNCCCn1cc(Br)cc(Br)c1=O. The van der Waals surface area contributed by atoms with Crippen molar-refractivity contribution in [1.29, 1.82) is 0 Å². The lowest BCUT2D eigenvalue weighted by Crippen LogP contribution is -2.23. The first kappa shape index (κ1) is 12.9. The van der Waals surface area contributed by atoms with Crippen LogP contribution in [0.25, 0.3) is 0 Å². The van der Waals surface area contributed by atoms with E-state index in [4.69, 9.17) is 0 Å². The number of aromatic nitrogens is 1. The van der Waals surface area contributed by atoms with Crippen LogP contribution in [-0.4, -0.2) is 17.7 Å². The smallest absolute Gasteiger partial charge is 0.264 e. The van der Waals surface area contributed by atoms with Gasteiger partial charge in [-0.2, -0.15) is 0 Å². The summed E-state index contributed by atoms with van der Waals surface area (Å²) >= 11 is 6.60. The lowest BCUT2D eigenvalue weighted by molar-refractivity contribution is 0.578. The molecule has 1 heterocycles. The van der Waals surface area contributed by atoms with Crippen LogP contribution in [0, 0.1) is 0 Å². The largest absolute Gasteiger partial charge is 0.317 e. The molecule has 1 N–H and O–H groups in total. The van der Waals surface area contributed by atoms with Gasteiger partial charge in [0.2, 0.25) is 0 Å². The van der Waals surface area contributed by atoms with Crippen molar-refractivity contribution in [3.8, 4) is 0 Å². The maximum Gasteiger partial charge on any atom is 0.264 e. The summed E-state index contributed by atoms with van der Waals surface area (Å²) in [7, 11) is 0. The van der Waals surface area contributed by atoms with Crippen LogP contribution in [0.3, 0.4) is 0 Å². The molecule has 0 aliphatic heterocycles. The van der Waals surface area contributed by atoms with Gasteiger partial charge in [-0.25, -0.2) is 0 Å². The zero-order valence-electron chi connectivity index (χ0n) is 8.59. The fourth-order valence-electron chi connectivity index (χ4n) is 1.28. The summed E-state index contributed by atoms with van der Waals surface area (Å²) in [6.45, 7) is 4.72. The summed E-state index contributed by atoms with van der Waals surface area (Å²) < 4.78 is 3.23. The number of nitrogens with zero attached hydrogens (tertiary/aromatic N) is 1. The second-order valence-corrected chi connectivity index (χ2v) is 4.98. The van der Waals surface area contributed by atoms with Crippen molar-refractivity contribution in [2.75, 3.05) is 13.1 Å². The standard InChI is InChI=1S/C10H14Br2N2O/c1-2-13-4-3-5-14-7-8(11)6-9(12)10(14)15/h6-7,13H,2-5H2,1H3. The van der Waals surface area contributed by atoms with E-state index in [-0.39, 0.29) is 5.56 Å². The molecule has 0 saturated carbocycles. The van der Waals surface area contributed by atoms with Gasteiger partial charge >= 0.3 is 0 Å². The van der Waals surface area contributed by atoms with E-state index in [1.807, 2.05) is 6.20 Å². The van der Waals surface area contributed by atoms with Crippen LogP contribution in [0.4, 0.5) is 0 Å². The van der Waals surface area contributed by atoms with Gasteiger partial charge in [-0.3, -0.25) is 4.79 Å². The predicted molar refractivity (Wildman–Crippen MR) is 69.3 cm³/mol. The Bertz CT molecular complexity index is 376. The lowest BCUT2D eigenvalue weighted by Gasteiger charge is -2.07. The maximum atomic E-state index is 11.7. The Balaban J connectivity index is 2.64. The lowest BCUT2D eigenvalue weighted by atomic mass is 10.4. The summed E-state index contributed by atoms with van der Waals surface area (Å²) in [4.78, 5) is 11.7. The molecule has 0 unspecified atom stereocenters. The van der Waals surface area contributed by atoms with Gasteiger partial charge in [0.25, 0.3) is 5.56 Å². The van der Waals surface area contributed by atoms with E-state index in [2.05, 4.69) is 44.1 Å². The van der Waals surface area contributed by atoms with E-state index in [1.54, 1.807) is 10.6 Å². The minimum atomic E-state index is 0.0229. The van der Waals surface area contributed by atoms with Gasteiger partial charge in [-0.15, -0.1) is 0 Å². The van der Waals surface area contributed by atoms with E-state index in [1.165, 1.54) is 0 Å². The van der Waals surface area contributed by atoms with Crippen molar-refractivity contribution in [2.45, 2.75) is 19.9 Å². The number of nitrogens with one attached hydrogen (secondary N) is 1. The number of hydrogen-bond acceptors (Lipinski definition) is 2. The van der Waals surface area contributed by atoms with Gasteiger partial charge in [0.15, 0.2) is 0 Å². The average Bonchev–Trinajstić information content (AvgIpc) is 2.19. The van der Waals surface area contributed by atoms with Crippen molar-refractivity contribution >= 4 is 31.9 Å². The number of halogens is 2. The topological polar surface area (TPSA) is 34.0 Å². The van der Waals surface area contributed by atoms with Crippen LogP contribution in [-0.2, 0) is 6.54 Å². The monoisotopic (exact) mass is 336 g/mol. The molecule has 1 aromatic heterocycles. The van der Waals surface area contributed by atoms with Gasteiger partial charge in [0, 0.05) is 17.2 Å². The fraction of sp³-hybridized carbons (Fsp3) is 0.500. The Morgan fingerprint density at radius 3 is 2.87 bits per heavy atom. The average molecular weight is 338 g/mol. The molecule has 84 valence electrons. The third-order valence-electron chi connectivity index (χ3n) is 2.01. The highest BCUT2D eigenvalue weighted by atomic mass is 79.9. The number of pyridine rings is 1. The van der Waals surface area contributed by atoms with E-state index < -0.39 is 0 Å². The summed E-state index contributed by atoms with van der Waals surface area (Å²) in [5.41, 5.74) is 0.0229.